The first-order chi connectivity index (χ1) is 13.0. The number of anilines is 2. The molecule has 3 rings (SSSR count). The molecule has 2 N–H and O–H groups in total. The first-order valence-electron chi connectivity index (χ1n) is 7.77. The molecule has 0 fully saturated rings. The minimum absolute atomic E-state index is 0.211. The molecular weight excluding hydrogens is 407 g/mol. The highest BCUT2D eigenvalue weighted by Crippen LogP contribution is 2.32. The molecule has 2 aromatic carbocycles. The predicted molar refractivity (Wildman–Crippen MR) is 110 cm³/mol. The van der Waals surface area contributed by atoms with Gasteiger partial charge in [-0.05, 0) is 41.8 Å². The van der Waals surface area contributed by atoms with Crippen molar-refractivity contribution in [3.05, 3.63) is 74.4 Å². The van der Waals surface area contributed by atoms with Gasteiger partial charge < -0.3 is 15.4 Å². The maximum absolute atomic E-state index is 12.6. The van der Waals surface area contributed by atoms with E-state index in [1.54, 1.807) is 36.4 Å². The Morgan fingerprint density at radius 3 is 2.30 bits per heavy atom. The Labute approximate surface area is 169 Å². The van der Waals surface area contributed by atoms with Crippen LogP contribution in [0, 0.1) is 0 Å². The fourth-order valence-electron chi connectivity index (χ4n) is 2.41. The van der Waals surface area contributed by atoms with Crippen molar-refractivity contribution in [3.63, 3.8) is 0 Å². The molecule has 5 nitrogen and oxygen atoms in total. The Morgan fingerprint density at radius 1 is 0.963 bits per heavy atom. The first kappa shape index (κ1) is 19.2. The van der Waals surface area contributed by atoms with Crippen LogP contribution in [0.5, 0.6) is 5.75 Å². The van der Waals surface area contributed by atoms with Gasteiger partial charge in [0.1, 0.15) is 5.75 Å². The number of halogens is 2. The molecule has 0 aliphatic rings. The summed E-state index contributed by atoms with van der Waals surface area (Å²) < 4.78 is 5.20. The Kier molecular flexibility index (Phi) is 6.01. The van der Waals surface area contributed by atoms with Crippen molar-refractivity contribution >= 4 is 57.7 Å². The zero-order valence-electron chi connectivity index (χ0n) is 14.1. The van der Waals surface area contributed by atoms with Crippen LogP contribution >= 0.6 is 34.5 Å². The van der Waals surface area contributed by atoms with Gasteiger partial charge in [-0.15, -0.1) is 11.3 Å². The molecule has 0 spiro atoms. The van der Waals surface area contributed by atoms with Crippen LogP contribution in [0.4, 0.5) is 11.4 Å². The third kappa shape index (κ3) is 4.60. The van der Waals surface area contributed by atoms with Crippen molar-refractivity contribution in [1.82, 2.24) is 0 Å². The minimum Gasteiger partial charge on any atom is -0.494 e. The molecule has 0 saturated carbocycles. The van der Waals surface area contributed by atoms with Crippen LogP contribution < -0.4 is 15.4 Å². The number of nitrogens with one attached hydrogen (secondary N) is 2. The van der Waals surface area contributed by atoms with Gasteiger partial charge in [0.25, 0.3) is 11.8 Å². The summed E-state index contributed by atoms with van der Waals surface area (Å²) in [7, 11) is 1.42. The third-order valence-corrected chi connectivity index (χ3v) is 4.95. The lowest BCUT2D eigenvalue weighted by Gasteiger charge is -2.12. The number of thiophene rings is 1. The number of ether oxygens (including phenoxy) is 1. The smallest absolute Gasteiger partial charge is 0.265 e. The standard InChI is InChI=1S/C19H14Cl2N2O3S/c1-26-17-14(8-11(20)9-15(17)21)18(24)22-12-4-2-5-13(10-12)23-19(25)16-6-3-7-27-16/h2-10H,1H3,(H,22,24)(H,23,25). The van der Waals surface area contributed by atoms with Crippen LogP contribution in [0.3, 0.4) is 0 Å². The van der Waals surface area contributed by atoms with Crippen LogP contribution in [0.15, 0.2) is 53.9 Å². The fraction of sp³-hybridized carbons (Fsp3) is 0.0526. The SMILES string of the molecule is COc1c(Cl)cc(Cl)cc1C(=O)Nc1cccc(NC(=O)c2cccs2)c1. The molecule has 0 aliphatic carbocycles. The van der Waals surface area contributed by atoms with E-state index in [2.05, 4.69) is 10.6 Å². The second-order valence-corrected chi connectivity index (χ2v) is 7.23. The second-order valence-electron chi connectivity index (χ2n) is 5.43. The van der Waals surface area contributed by atoms with E-state index in [-0.39, 0.29) is 22.2 Å². The third-order valence-electron chi connectivity index (χ3n) is 3.58. The molecule has 1 aromatic heterocycles. The summed E-state index contributed by atoms with van der Waals surface area (Å²) in [5, 5.41) is 7.94. The van der Waals surface area contributed by atoms with Gasteiger partial charge in [-0.1, -0.05) is 35.3 Å². The summed E-state index contributed by atoms with van der Waals surface area (Å²) >= 11 is 13.4. The van der Waals surface area contributed by atoms with Gasteiger partial charge in [-0.2, -0.15) is 0 Å². The van der Waals surface area contributed by atoms with E-state index in [4.69, 9.17) is 27.9 Å². The maximum atomic E-state index is 12.6. The topological polar surface area (TPSA) is 67.4 Å². The average molecular weight is 421 g/mol. The van der Waals surface area contributed by atoms with Gasteiger partial charge >= 0.3 is 0 Å². The number of hydrogen-bond donors (Lipinski definition) is 2. The predicted octanol–water partition coefficient (Wildman–Crippen LogP) is 5.57. The normalized spacial score (nSPS) is 10.3. The molecule has 27 heavy (non-hydrogen) atoms. The molecule has 0 saturated heterocycles. The van der Waals surface area contributed by atoms with Gasteiger partial charge in [0.15, 0.2) is 0 Å². The number of hydrogen-bond acceptors (Lipinski definition) is 4. The molecule has 138 valence electrons. The lowest BCUT2D eigenvalue weighted by molar-refractivity contribution is 0.101. The zero-order chi connectivity index (χ0) is 19.4. The number of carbonyl (C=O) groups excluding carboxylic acids is 2. The van der Waals surface area contributed by atoms with Gasteiger partial charge in [0.2, 0.25) is 0 Å². The Bertz CT molecular complexity index is 991. The fourth-order valence-corrected chi connectivity index (χ4v) is 3.60. The van der Waals surface area contributed by atoms with Crippen molar-refractivity contribution in [2.24, 2.45) is 0 Å². The van der Waals surface area contributed by atoms with E-state index in [1.165, 1.54) is 30.6 Å². The Morgan fingerprint density at radius 2 is 1.67 bits per heavy atom. The van der Waals surface area contributed by atoms with Gasteiger partial charge in [-0.25, -0.2) is 0 Å². The molecule has 0 aliphatic heterocycles. The number of methoxy groups -OCH3 is 1. The number of carbonyl (C=O) groups is 2. The summed E-state index contributed by atoms with van der Waals surface area (Å²) in [6.07, 6.45) is 0. The summed E-state index contributed by atoms with van der Waals surface area (Å²) in [5.74, 6) is -0.407. The van der Waals surface area contributed by atoms with Crippen molar-refractivity contribution in [1.29, 1.82) is 0 Å². The van der Waals surface area contributed by atoms with Crippen molar-refractivity contribution < 1.29 is 14.3 Å². The van der Waals surface area contributed by atoms with Gasteiger partial charge in [0, 0.05) is 16.4 Å². The second kappa shape index (κ2) is 8.43. The highest BCUT2D eigenvalue weighted by molar-refractivity contribution is 7.12. The van der Waals surface area contributed by atoms with E-state index >= 15 is 0 Å². The Hall–Kier alpha value is -2.54. The van der Waals surface area contributed by atoms with Crippen LogP contribution in [0.25, 0.3) is 0 Å². The average Bonchev–Trinajstić information content (AvgIpc) is 3.16. The van der Waals surface area contributed by atoms with Crippen LogP contribution in [0.2, 0.25) is 10.0 Å². The monoisotopic (exact) mass is 420 g/mol. The molecule has 8 heteroatoms. The van der Waals surface area contributed by atoms with Crippen molar-refractivity contribution in [2.45, 2.75) is 0 Å². The molecule has 0 bridgehead atoms. The summed E-state index contributed by atoms with van der Waals surface area (Å²) in [6, 6.07) is 13.3. The lowest BCUT2D eigenvalue weighted by Crippen LogP contribution is -2.14. The van der Waals surface area contributed by atoms with E-state index < -0.39 is 5.91 Å². The first-order valence-corrected chi connectivity index (χ1v) is 9.41. The van der Waals surface area contributed by atoms with Crippen molar-refractivity contribution in [2.75, 3.05) is 17.7 Å². The summed E-state index contributed by atoms with van der Waals surface area (Å²) in [4.78, 5) is 25.4. The van der Waals surface area contributed by atoms with E-state index in [1.807, 2.05) is 5.38 Å². The Balaban J connectivity index is 1.78. The minimum atomic E-state index is -0.432. The molecule has 0 unspecified atom stereocenters. The summed E-state index contributed by atoms with van der Waals surface area (Å²) in [6.45, 7) is 0. The number of benzene rings is 2. The molecular formula is C19H14Cl2N2O3S. The van der Waals surface area contributed by atoms with Gasteiger partial charge in [0.05, 0.1) is 22.6 Å². The molecule has 0 radical (unpaired) electrons. The largest absolute Gasteiger partial charge is 0.494 e. The molecule has 2 amide bonds. The number of amides is 2. The highest BCUT2D eigenvalue weighted by atomic mass is 35.5. The van der Waals surface area contributed by atoms with Crippen LogP contribution in [-0.4, -0.2) is 18.9 Å². The van der Waals surface area contributed by atoms with E-state index in [0.29, 0.717) is 21.3 Å². The highest BCUT2D eigenvalue weighted by Gasteiger charge is 2.17. The maximum Gasteiger partial charge on any atom is 0.265 e. The van der Waals surface area contributed by atoms with E-state index in [0.717, 1.165) is 0 Å². The number of rotatable bonds is 5. The van der Waals surface area contributed by atoms with Crippen LogP contribution in [0.1, 0.15) is 20.0 Å². The zero-order valence-corrected chi connectivity index (χ0v) is 16.4. The summed E-state index contributed by atoms with van der Waals surface area (Å²) in [5.41, 5.74) is 1.27. The van der Waals surface area contributed by atoms with Crippen LogP contribution in [-0.2, 0) is 0 Å². The quantitative estimate of drug-likeness (QED) is 0.566. The van der Waals surface area contributed by atoms with E-state index in [9.17, 15) is 9.59 Å². The molecule has 3 aromatic rings. The molecule has 1 heterocycles. The van der Waals surface area contributed by atoms with Gasteiger partial charge in [-0.3, -0.25) is 9.59 Å². The lowest BCUT2D eigenvalue weighted by atomic mass is 10.1. The molecule has 0 atom stereocenters. The van der Waals surface area contributed by atoms with Crippen molar-refractivity contribution in [3.8, 4) is 5.75 Å².